The first kappa shape index (κ1) is 15.2. The van der Waals surface area contributed by atoms with Crippen LogP contribution in [0.4, 0.5) is 4.79 Å². The number of urea groups is 1. The highest BCUT2D eigenvalue weighted by atomic mass is 35.5. The summed E-state index contributed by atoms with van der Waals surface area (Å²) in [5, 5.41) is 5.06. The van der Waals surface area contributed by atoms with Gasteiger partial charge in [-0.3, -0.25) is 15.0 Å². The van der Waals surface area contributed by atoms with E-state index in [9.17, 15) is 9.59 Å². The molecule has 1 aliphatic heterocycles. The fourth-order valence-corrected chi connectivity index (χ4v) is 2.05. The van der Waals surface area contributed by atoms with E-state index in [0.29, 0.717) is 0 Å². The molecule has 1 aliphatic carbocycles. The lowest BCUT2D eigenvalue weighted by molar-refractivity contribution is -0.121. The minimum absolute atomic E-state index is 0. The van der Waals surface area contributed by atoms with Crippen molar-refractivity contribution in [1.82, 2.24) is 15.5 Å². The van der Waals surface area contributed by atoms with Crippen molar-refractivity contribution in [2.24, 2.45) is 5.73 Å². The molecule has 0 bridgehead atoms. The molecule has 18 heavy (non-hydrogen) atoms. The van der Waals surface area contributed by atoms with Crippen LogP contribution >= 0.6 is 12.4 Å². The van der Waals surface area contributed by atoms with Gasteiger partial charge in [-0.1, -0.05) is 0 Å². The molecule has 3 amide bonds. The monoisotopic (exact) mass is 276 g/mol. The van der Waals surface area contributed by atoms with Crippen molar-refractivity contribution < 1.29 is 9.59 Å². The van der Waals surface area contributed by atoms with E-state index in [1.165, 1.54) is 0 Å². The van der Waals surface area contributed by atoms with Crippen LogP contribution in [0.1, 0.15) is 25.7 Å². The standard InChI is InChI=1S/C11H20N4O2.ClH/c12-8-2-1-5-15(6-8)7-10(16)14-11(17)13-9-3-4-9;/h8-9H,1-7,12H2,(H2,13,14,16,17);1H/t8-;/m1./s1. The number of halogens is 1. The van der Waals surface area contributed by atoms with E-state index in [4.69, 9.17) is 5.73 Å². The molecule has 2 fully saturated rings. The predicted octanol–water partition coefficient (Wildman–Crippen LogP) is -0.181. The number of likely N-dealkylation sites (tertiary alicyclic amines) is 1. The summed E-state index contributed by atoms with van der Waals surface area (Å²) in [6, 6.07) is 0.0434. The third-order valence-electron chi connectivity index (χ3n) is 3.07. The summed E-state index contributed by atoms with van der Waals surface area (Å²) in [7, 11) is 0. The van der Waals surface area contributed by atoms with Gasteiger partial charge in [-0.05, 0) is 32.2 Å². The molecule has 1 saturated carbocycles. The number of rotatable bonds is 3. The smallest absolute Gasteiger partial charge is 0.321 e. The Bertz CT molecular complexity index is 309. The fraction of sp³-hybridized carbons (Fsp3) is 0.818. The quantitative estimate of drug-likeness (QED) is 0.667. The van der Waals surface area contributed by atoms with Crippen LogP contribution in [-0.2, 0) is 4.79 Å². The van der Waals surface area contributed by atoms with Crippen LogP contribution in [0.2, 0.25) is 0 Å². The minimum atomic E-state index is -0.376. The van der Waals surface area contributed by atoms with Crippen LogP contribution in [0.3, 0.4) is 0 Å². The summed E-state index contributed by atoms with van der Waals surface area (Å²) in [5.41, 5.74) is 5.82. The summed E-state index contributed by atoms with van der Waals surface area (Å²) in [4.78, 5) is 24.9. The lowest BCUT2D eigenvalue weighted by Crippen LogP contribution is -2.49. The third-order valence-corrected chi connectivity index (χ3v) is 3.07. The van der Waals surface area contributed by atoms with Crippen LogP contribution in [0.5, 0.6) is 0 Å². The molecule has 0 aromatic rings. The number of piperidine rings is 1. The summed E-state index contributed by atoms with van der Waals surface area (Å²) in [6.45, 7) is 1.87. The highest BCUT2D eigenvalue weighted by Crippen LogP contribution is 2.18. The van der Waals surface area contributed by atoms with Gasteiger partial charge >= 0.3 is 6.03 Å². The lowest BCUT2D eigenvalue weighted by atomic mass is 10.1. The van der Waals surface area contributed by atoms with Gasteiger partial charge in [0, 0.05) is 18.6 Å². The Kier molecular flexibility index (Phi) is 5.84. The molecule has 0 aromatic heterocycles. The number of nitrogens with zero attached hydrogens (tertiary/aromatic N) is 1. The van der Waals surface area contributed by atoms with E-state index in [0.717, 1.165) is 38.8 Å². The summed E-state index contributed by atoms with van der Waals surface area (Å²) in [6.07, 6.45) is 4.06. The van der Waals surface area contributed by atoms with Crippen molar-refractivity contribution in [3.63, 3.8) is 0 Å². The van der Waals surface area contributed by atoms with E-state index < -0.39 is 0 Å². The first-order valence-corrected chi connectivity index (χ1v) is 6.22. The number of amides is 3. The highest BCUT2D eigenvalue weighted by Gasteiger charge is 2.24. The number of hydrogen-bond donors (Lipinski definition) is 3. The maximum absolute atomic E-state index is 11.6. The molecule has 0 aromatic carbocycles. The Hall–Kier alpha value is -0.850. The average molecular weight is 277 g/mol. The van der Waals surface area contributed by atoms with Gasteiger partial charge in [-0.2, -0.15) is 0 Å². The molecule has 0 radical (unpaired) electrons. The molecular formula is C11H21ClN4O2. The van der Waals surface area contributed by atoms with Gasteiger partial charge in [0.15, 0.2) is 0 Å². The van der Waals surface area contributed by atoms with Gasteiger partial charge in [0.1, 0.15) is 0 Å². The maximum atomic E-state index is 11.6. The zero-order valence-electron chi connectivity index (χ0n) is 10.4. The minimum Gasteiger partial charge on any atom is -0.335 e. The molecule has 104 valence electrons. The largest absolute Gasteiger partial charge is 0.335 e. The Morgan fingerprint density at radius 1 is 1.28 bits per heavy atom. The molecule has 7 heteroatoms. The second-order valence-electron chi connectivity index (χ2n) is 4.93. The zero-order chi connectivity index (χ0) is 12.3. The van der Waals surface area contributed by atoms with Gasteiger partial charge in [0.2, 0.25) is 5.91 Å². The van der Waals surface area contributed by atoms with Crippen molar-refractivity contribution in [1.29, 1.82) is 0 Å². The van der Waals surface area contributed by atoms with Gasteiger partial charge in [0.05, 0.1) is 6.54 Å². The Balaban J connectivity index is 0.00000162. The first-order chi connectivity index (χ1) is 8.13. The molecule has 2 aliphatic rings. The van der Waals surface area contributed by atoms with Crippen LogP contribution in [0.15, 0.2) is 0 Å². The Morgan fingerprint density at radius 3 is 2.61 bits per heavy atom. The molecular weight excluding hydrogens is 256 g/mol. The normalized spacial score (nSPS) is 23.9. The van der Waals surface area contributed by atoms with Gasteiger partial charge < -0.3 is 11.1 Å². The molecule has 1 atom stereocenters. The molecule has 6 nitrogen and oxygen atoms in total. The van der Waals surface area contributed by atoms with E-state index in [1.807, 2.05) is 4.90 Å². The Morgan fingerprint density at radius 2 is 2.00 bits per heavy atom. The average Bonchev–Trinajstić information content (AvgIpc) is 3.00. The highest BCUT2D eigenvalue weighted by molar-refractivity contribution is 5.95. The third kappa shape index (κ3) is 5.20. The zero-order valence-corrected chi connectivity index (χ0v) is 11.2. The number of nitrogens with two attached hydrogens (primary N) is 1. The van der Waals surface area contributed by atoms with Gasteiger partial charge in [-0.25, -0.2) is 4.79 Å². The van der Waals surface area contributed by atoms with Crippen LogP contribution in [-0.4, -0.2) is 48.6 Å². The second-order valence-corrected chi connectivity index (χ2v) is 4.93. The molecule has 4 N–H and O–H groups in total. The lowest BCUT2D eigenvalue weighted by Gasteiger charge is -2.29. The first-order valence-electron chi connectivity index (χ1n) is 6.22. The molecule has 1 heterocycles. The van der Waals surface area contributed by atoms with Gasteiger partial charge in [0.25, 0.3) is 0 Å². The van der Waals surface area contributed by atoms with E-state index in [-0.39, 0.29) is 43.0 Å². The molecule has 0 spiro atoms. The van der Waals surface area contributed by atoms with Crippen molar-refractivity contribution in [2.45, 2.75) is 37.8 Å². The van der Waals surface area contributed by atoms with Crippen molar-refractivity contribution in [3.05, 3.63) is 0 Å². The van der Waals surface area contributed by atoms with Crippen LogP contribution < -0.4 is 16.4 Å². The van der Waals surface area contributed by atoms with Crippen LogP contribution in [0, 0.1) is 0 Å². The van der Waals surface area contributed by atoms with E-state index >= 15 is 0 Å². The number of nitrogens with one attached hydrogen (secondary N) is 2. The number of hydrogen-bond acceptors (Lipinski definition) is 4. The number of imide groups is 1. The molecule has 0 unspecified atom stereocenters. The van der Waals surface area contributed by atoms with Crippen molar-refractivity contribution in [2.75, 3.05) is 19.6 Å². The van der Waals surface area contributed by atoms with E-state index in [2.05, 4.69) is 10.6 Å². The molecule has 1 saturated heterocycles. The summed E-state index contributed by atoms with van der Waals surface area (Å²) < 4.78 is 0. The Labute approximate surface area is 113 Å². The number of carbonyl (C=O) groups is 2. The number of carbonyl (C=O) groups excluding carboxylic acids is 2. The predicted molar refractivity (Wildman–Crippen MR) is 70.6 cm³/mol. The molecule has 2 rings (SSSR count). The summed E-state index contributed by atoms with van der Waals surface area (Å²) >= 11 is 0. The topological polar surface area (TPSA) is 87.5 Å². The SMILES string of the molecule is Cl.N[C@@H]1CCCN(CC(=O)NC(=O)NC2CC2)C1. The fourth-order valence-electron chi connectivity index (χ4n) is 2.05. The van der Waals surface area contributed by atoms with Gasteiger partial charge in [-0.15, -0.1) is 12.4 Å². The maximum Gasteiger partial charge on any atom is 0.321 e. The summed E-state index contributed by atoms with van der Waals surface area (Å²) in [5.74, 6) is -0.253. The van der Waals surface area contributed by atoms with Crippen LogP contribution in [0.25, 0.3) is 0 Å². The van der Waals surface area contributed by atoms with Crippen molar-refractivity contribution >= 4 is 24.3 Å². The van der Waals surface area contributed by atoms with E-state index in [1.54, 1.807) is 0 Å². The second kappa shape index (κ2) is 6.92. The van der Waals surface area contributed by atoms with Crippen molar-refractivity contribution in [3.8, 4) is 0 Å².